The Kier molecular flexibility index (Phi) is 5.34. The number of anilines is 1. The summed E-state index contributed by atoms with van der Waals surface area (Å²) in [5.74, 6) is -1.76. The Morgan fingerprint density at radius 1 is 1.00 bits per heavy atom. The number of amides is 1. The molecule has 156 valence electrons. The monoisotopic (exact) mass is 499 g/mol. The van der Waals surface area contributed by atoms with Gasteiger partial charge in [-0.05, 0) is 54.6 Å². The third kappa shape index (κ3) is 3.94. The second-order valence-corrected chi connectivity index (χ2v) is 9.24. The van der Waals surface area contributed by atoms with Gasteiger partial charge in [0.2, 0.25) is 0 Å². The van der Waals surface area contributed by atoms with Crippen LogP contribution in [0.2, 0.25) is 0 Å². The van der Waals surface area contributed by atoms with Gasteiger partial charge in [0, 0.05) is 10.0 Å². The number of carboxylic acids is 1. The van der Waals surface area contributed by atoms with Crippen molar-refractivity contribution in [3.05, 3.63) is 88.7 Å². The van der Waals surface area contributed by atoms with Crippen LogP contribution < -0.4 is 5.32 Å². The van der Waals surface area contributed by atoms with Crippen LogP contribution in [-0.4, -0.2) is 34.4 Å². The Morgan fingerprint density at radius 2 is 1.71 bits per heavy atom. The third-order valence-electron chi connectivity index (χ3n) is 4.55. The maximum absolute atomic E-state index is 13.0. The summed E-state index contributed by atoms with van der Waals surface area (Å²) in [6.45, 7) is 0. The lowest BCUT2D eigenvalue weighted by molar-refractivity contribution is 0.0698. The number of halogens is 1. The lowest BCUT2D eigenvalue weighted by atomic mass is 10.1. The van der Waals surface area contributed by atoms with Crippen molar-refractivity contribution in [3.8, 4) is 0 Å². The van der Waals surface area contributed by atoms with E-state index in [1.165, 1.54) is 42.7 Å². The number of nitrogens with zero attached hydrogens (tertiary/aromatic N) is 2. The Labute approximate surface area is 185 Å². The van der Waals surface area contributed by atoms with Crippen LogP contribution in [0, 0.1) is 0 Å². The van der Waals surface area contributed by atoms with E-state index in [9.17, 15) is 23.1 Å². The molecule has 0 spiro atoms. The predicted molar refractivity (Wildman–Crippen MR) is 118 cm³/mol. The number of nitrogens with one attached hydrogen (secondary N) is 1. The summed E-state index contributed by atoms with van der Waals surface area (Å²) >= 11 is 3.19. The number of carbonyl (C=O) groups is 2. The Hall–Kier alpha value is -3.50. The zero-order valence-corrected chi connectivity index (χ0v) is 18.1. The number of hydrogen-bond donors (Lipinski definition) is 2. The van der Waals surface area contributed by atoms with E-state index in [0.717, 1.165) is 3.97 Å². The average Bonchev–Trinajstić information content (AvgIpc) is 3.20. The van der Waals surface area contributed by atoms with Gasteiger partial charge in [0.1, 0.15) is 6.33 Å². The molecule has 1 amide bonds. The van der Waals surface area contributed by atoms with Crippen LogP contribution in [0.5, 0.6) is 0 Å². The van der Waals surface area contributed by atoms with E-state index in [1.54, 1.807) is 30.3 Å². The molecule has 4 aromatic rings. The fourth-order valence-electron chi connectivity index (χ4n) is 3.02. The van der Waals surface area contributed by atoms with Crippen molar-refractivity contribution in [2.75, 3.05) is 5.32 Å². The molecule has 0 fully saturated rings. The lowest BCUT2D eigenvalue weighted by Crippen LogP contribution is -2.16. The molecule has 0 saturated carbocycles. The van der Waals surface area contributed by atoms with Gasteiger partial charge in [0.05, 0.1) is 27.2 Å². The minimum absolute atomic E-state index is 0.0120. The molecule has 0 aliphatic carbocycles. The van der Waals surface area contributed by atoms with Crippen molar-refractivity contribution in [2.45, 2.75) is 4.90 Å². The van der Waals surface area contributed by atoms with Crippen LogP contribution in [0.25, 0.3) is 11.0 Å². The number of benzene rings is 3. The molecule has 0 saturated heterocycles. The summed E-state index contributed by atoms with van der Waals surface area (Å²) < 4.78 is 27.6. The highest BCUT2D eigenvalue weighted by atomic mass is 79.9. The molecular formula is C21H14BrN3O5S. The summed E-state index contributed by atoms with van der Waals surface area (Å²) in [6.07, 6.45) is 1.24. The molecule has 4 rings (SSSR count). The number of carboxylic acid groups (broad SMARTS) is 1. The molecule has 0 atom stereocenters. The largest absolute Gasteiger partial charge is 0.478 e. The molecule has 1 heterocycles. The van der Waals surface area contributed by atoms with Crippen molar-refractivity contribution in [2.24, 2.45) is 0 Å². The highest BCUT2D eigenvalue weighted by Crippen LogP contribution is 2.23. The van der Waals surface area contributed by atoms with Gasteiger partial charge in [-0.1, -0.05) is 28.1 Å². The van der Waals surface area contributed by atoms with Gasteiger partial charge in [-0.2, -0.15) is 0 Å². The molecule has 2 N–H and O–H groups in total. The Morgan fingerprint density at radius 3 is 2.42 bits per heavy atom. The number of aromatic nitrogens is 2. The average molecular weight is 500 g/mol. The minimum Gasteiger partial charge on any atom is -0.478 e. The third-order valence-corrected chi connectivity index (χ3v) is 6.72. The number of rotatable bonds is 5. The zero-order valence-electron chi connectivity index (χ0n) is 15.7. The van der Waals surface area contributed by atoms with Crippen LogP contribution in [-0.2, 0) is 10.0 Å². The molecule has 10 heteroatoms. The van der Waals surface area contributed by atoms with Gasteiger partial charge in [-0.25, -0.2) is 22.2 Å². The summed E-state index contributed by atoms with van der Waals surface area (Å²) in [5.41, 5.74) is 1.22. The number of hydrogen-bond acceptors (Lipinski definition) is 5. The summed E-state index contributed by atoms with van der Waals surface area (Å²) in [4.78, 5) is 28.1. The highest BCUT2D eigenvalue weighted by molar-refractivity contribution is 9.10. The van der Waals surface area contributed by atoms with Crippen LogP contribution in [0.15, 0.2) is 82.4 Å². The van der Waals surface area contributed by atoms with Gasteiger partial charge in [0.25, 0.3) is 15.9 Å². The van der Waals surface area contributed by atoms with E-state index in [1.807, 2.05) is 0 Å². The Bertz CT molecular complexity index is 1430. The van der Waals surface area contributed by atoms with E-state index < -0.39 is 21.9 Å². The Balaban J connectivity index is 1.61. The topological polar surface area (TPSA) is 118 Å². The smallest absolute Gasteiger partial charge is 0.337 e. The molecule has 0 aliphatic rings. The van der Waals surface area contributed by atoms with Crippen molar-refractivity contribution in [3.63, 3.8) is 0 Å². The summed E-state index contributed by atoms with van der Waals surface area (Å²) in [6, 6.07) is 16.7. The first-order valence-corrected chi connectivity index (χ1v) is 11.1. The first-order valence-electron chi connectivity index (χ1n) is 8.89. The second kappa shape index (κ2) is 7.97. The number of para-hydroxylation sites is 2. The summed E-state index contributed by atoms with van der Waals surface area (Å²) in [7, 11) is -3.91. The minimum atomic E-state index is -3.91. The quantitative estimate of drug-likeness (QED) is 0.428. The van der Waals surface area contributed by atoms with Crippen LogP contribution in [0.1, 0.15) is 20.7 Å². The fourth-order valence-corrected chi connectivity index (χ4v) is 4.67. The molecule has 0 aliphatic heterocycles. The van der Waals surface area contributed by atoms with Crippen molar-refractivity contribution in [1.82, 2.24) is 8.96 Å². The highest BCUT2D eigenvalue weighted by Gasteiger charge is 2.20. The predicted octanol–water partition coefficient (Wildman–Crippen LogP) is 3.99. The van der Waals surface area contributed by atoms with E-state index >= 15 is 0 Å². The van der Waals surface area contributed by atoms with Crippen LogP contribution >= 0.6 is 15.9 Å². The van der Waals surface area contributed by atoms with Gasteiger partial charge >= 0.3 is 5.97 Å². The van der Waals surface area contributed by atoms with Crippen LogP contribution in [0.4, 0.5) is 5.69 Å². The molecule has 0 bridgehead atoms. The molecule has 1 aromatic heterocycles. The van der Waals surface area contributed by atoms with Crippen molar-refractivity contribution in [1.29, 1.82) is 0 Å². The lowest BCUT2D eigenvalue weighted by Gasteiger charge is -2.10. The number of imidazole rings is 1. The maximum atomic E-state index is 13.0. The molecule has 0 unspecified atom stereocenters. The van der Waals surface area contributed by atoms with Gasteiger partial charge in [-0.3, -0.25) is 4.79 Å². The van der Waals surface area contributed by atoms with Crippen molar-refractivity contribution >= 4 is 54.6 Å². The van der Waals surface area contributed by atoms with Crippen LogP contribution in [0.3, 0.4) is 0 Å². The van der Waals surface area contributed by atoms with E-state index in [4.69, 9.17) is 0 Å². The first-order chi connectivity index (χ1) is 14.8. The summed E-state index contributed by atoms with van der Waals surface area (Å²) in [5, 5.41) is 11.9. The molecular weight excluding hydrogens is 486 g/mol. The van der Waals surface area contributed by atoms with E-state index in [2.05, 4.69) is 26.2 Å². The van der Waals surface area contributed by atoms with Gasteiger partial charge < -0.3 is 10.4 Å². The fraction of sp³-hybridized carbons (Fsp3) is 0. The molecule has 8 nitrogen and oxygen atoms in total. The normalized spacial score (nSPS) is 11.4. The maximum Gasteiger partial charge on any atom is 0.337 e. The van der Waals surface area contributed by atoms with Crippen molar-refractivity contribution < 1.29 is 23.1 Å². The zero-order chi connectivity index (χ0) is 22.2. The first kappa shape index (κ1) is 20.8. The van der Waals surface area contributed by atoms with E-state index in [-0.39, 0.29) is 21.7 Å². The second-order valence-electron chi connectivity index (χ2n) is 6.51. The standard InChI is InChI=1S/C21H14BrN3O5S/c22-14-7-10-17(16(11-14)21(27)28)24-20(26)13-5-8-15(9-6-13)31(29,30)25-12-23-18-3-1-2-4-19(18)25/h1-12H,(H,24,26)(H,27,28). The SMILES string of the molecule is O=C(Nc1ccc(Br)cc1C(=O)O)c1ccc(S(=O)(=O)n2cnc3ccccc32)cc1. The number of carbonyl (C=O) groups excluding carboxylic acids is 1. The van der Waals surface area contributed by atoms with Gasteiger partial charge in [0.15, 0.2) is 0 Å². The van der Waals surface area contributed by atoms with E-state index in [0.29, 0.717) is 15.5 Å². The number of fused-ring (bicyclic) bond motifs is 1. The van der Waals surface area contributed by atoms with Gasteiger partial charge in [-0.15, -0.1) is 0 Å². The molecule has 0 radical (unpaired) electrons. The molecule has 31 heavy (non-hydrogen) atoms. The number of aromatic carboxylic acids is 1. The molecule has 3 aromatic carbocycles.